The predicted octanol–water partition coefficient (Wildman–Crippen LogP) is 3.04. The number of benzene rings is 1. The van der Waals surface area contributed by atoms with Crippen LogP contribution in [0.3, 0.4) is 0 Å². The maximum Gasteiger partial charge on any atom is 0.0670 e. The summed E-state index contributed by atoms with van der Waals surface area (Å²) in [6.45, 7) is 7.60. The second-order valence-electron chi connectivity index (χ2n) is 4.85. The van der Waals surface area contributed by atoms with Gasteiger partial charge in [0.1, 0.15) is 0 Å². The van der Waals surface area contributed by atoms with E-state index < -0.39 is 0 Å². The SMILES string of the molecule is CC(C)C(C)CNc1ccc(N)c(CC#N)c1. The van der Waals surface area contributed by atoms with Crippen molar-refractivity contribution in [2.75, 3.05) is 17.6 Å². The van der Waals surface area contributed by atoms with Gasteiger partial charge in [-0.3, -0.25) is 0 Å². The van der Waals surface area contributed by atoms with E-state index in [4.69, 9.17) is 11.0 Å². The molecule has 0 bridgehead atoms. The molecule has 3 nitrogen and oxygen atoms in total. The maximum atomic E-state index is 8.70. The number of nitrogens with two attached hydrogens (primary N) is 1. The second-order valence-corrected chi connectivity index (χ2v) is 4.85. The van der Waals surface area contributed by atoms with Crippen LogP contribution in [0.25, 0.3) is 0 Å². The van der Waals surface area contributed by atoms with E-state index in [0.717, 1.165) is 17.8 Å². The molecule has 17 heavy (non-hydrogen) atoms. The largest absolute Gasteiger partial charge is 0.398 e. The van der Waals surface area contributed by atoms with Crippen LogP contribution in [0.1, 0.15) is 26.3 Å². The lowest BCUT2D eigenvalue weighted by Crippen LogP contribution is -2.16. The fourth-order valence-corrected chi connectivity index (χ4v) is 1.47. The molecule has 1 aromatic carbocycles. The molecule has 92 valence electrons. The monoisotopic (exact) mass is 231 g/mol. The third kappa shape index (κ3) is 3.99. The van der Waals surface area contributed by atoms with E-state index in [9.17, 15) is 0 Å². The lowest BCUT2D eigenvalue weighted by atomic mass is 9.98. The fraction of sp³-hybridized carbons (Fsp3) is 0.500. The van der Waals surface area contributed by atoms with Crippen LogP contribution in [-0.2, 0) is 6.42 Å². The number of rotatable bonds is 5. The first-order chi connectivity index (χ1) is 8.04. The number of anilines is 2. The Labute approximate surface area is 104 Å². The Morgan fingerprint density at radius 2 is 2.06 bits per heavy atom. The minimum absolute atomic E-state index is 0.362. The van der Waals surface area contributed by atoms with Crippen LogP contribution in [-0.4, -0.2) is 6.54 Å². The molecule has 1 atom stereocenters. The molecule has 0 fully saturated rings. The van der Waals surface area contributed by atoms with Crippen LogP contribution in [0.5, 0.6) is 0 Å². The summed E-state index contributed by atoms with van der Waals surface area (Å²) in [5.41, 5.74) is 8.43. The van der Waals surface area contributed by atoms with Gasteiger partial charge in [-0.05, 0) is 35.6 Å². The standard InChI is InChI=1S/C14H21N3/c1-10(2)11(3)9-17-13-4-5-14(16)12(8-13)6-7-15/h4-5,8,10-11,17H,6,9,16H2,1-3H3. The summed E-state index contributed by atoms with van der Waals surface area (Å²) in [5, 5.41) is 12.1. The number of hydrogen-bond donors (Lipinski definition) is 2. The van der Waals surface area contributed by atoms with Gasteiger partial charge in [0, 0.05) is 17.9 Å². The van der Waals surface area contributed by atoms with Crippen molar-refractivity contribution in [3.05, 3.63) is 23.8 Å². The number of nitrogens with one attached hydrogen (secondary N) is 1. The van der Waals surface area contributed by atoms with E-state index >= 15 is 0 Å². The minimum atomic E-state index is 0.362. The first-order valence-corrected chi connectivity index (χ1v) is 6.03. The van der Waals surface area contributed by atoms with Crippen molar-refractivity contribution in [1.29, 1.82) is 5.26 Å². The topological polar surface area (TPSA) is 61.8 Å². The van der Waals surface area contributed by atoms with Gasteiger partial charge in [-0.1, -0.05) is 20.8 Å². The highest BCUT2D eigenvalue weighted by molar-refractivity contribution is 5.58. The summed E-state index contributed by atoms with van der Waals surface area (Å²) in [5.74, 6) is 1.28. The molecule has 1 unspecified atom stereocenters. The number of nitrogens with zero attached hydrogens (tertiary/aromatic N) is 1. The molecule has 0 aliphatic carbocycles. The van der Waals surface area contributed by atoms with Gasteiger partial charge in [0.05, 0.1) is 12.5 Å². The summed E-state index contributed by atoms with van der Waals surface area (Å²) >= 11 is 0. The molecule has 0 aromatic heterocycles. The Bertz CT molecular complexity index is 404. The molecule has 0 saturated heterocycles. The van der Waals surface area contributed by atoms with Gasteiger partial charge in [-0.25, -0.2) is 0 Å². The van der Waals surface area contributed by atoms with Crippen molar-refractivity contribution in [2.45, 2.75) is 27.2 Å². The zero-order chi connectivity index (χ0) is 12.8. The first-order valence-electron chi connectivity index (χ1n) is 6.03. The molecular weight excluding hydrogens is 210 g/mol. The lowest BCUT2D eigenvalue weighted by molar-refractivity contribution is 0.440. The van der Waals surface area contributed by atoms with Gasteiger partial charge >= 0.3 is 0 Å². The third-order valence-corrected chi connectivity index (χ3v) is 3.18. The van der Waals surface area contributed by atoms with E-state index in [-0.39, 0.29) is 0 Å². The van der Waals surface area contributed by atoms with Gasteiger partial charge < -0.3 is 11.1 Å². The molecule has 0 spiro atoms. The Hall–Kier alpha value is -1.69. The summed E-state index contributed by atoms with van der Waals surface area (Å²) in [6.07, 6.45) is 0.362. The Morgan fingerprint density at radius 3 is 2.65 bits per heavy atom. The summed E-state index contributed by atoms with van der Waals surface area (Å²) in [7, 11) is 0. The minimum Gasteiger partial charge on any atom is -0.398 e. The number of nitrogen functional groups attached to an aromatic ring is 1. The summed E-state index contributed by atoms with van der Waals surface area (Å²) in [4.78, 5) is 0. The Balaban J connectivity index is 2.66. The normalized spacial score (nSPS) is 12.2. The van der Waals surface area contributed by atoms with Crippen LogP contribution in [0.2, 0.25) is 0 Å². The van der Waals surface area contributed by atoms with Gasteiger partial charge in [-0.15, -0.1) is 0 Å². The van der Waals surface area contributed by atoms with E-state index in [2.05, 4.69) is 32.2 Å². The molecule has 3 N–H and O–H groups in total. The molecular formula is C14H21N3. The first kappa shape index (κ1) is 13.4. The van der Waals surface area contributed by atoms with Crippen LogP contribution in [0, 0.1) is 23.2 Å². The molecule has 0 amide bonds. The van der Waals surface area contributed by atoms with Crippen molar-refractivity contribution in [3.63, 3.8) is 0 Å². The maximum absolute atomic E-state index is 8.70. The quantitative estimate of drug-likeness (QED) is 0.766. The molecule has 3 heteroatoms. The van der Waals surface area contributed by atoms with Crippen molar-refractivity contribution in [2.24, 2.45) is 11.8 Å². The molecule has 0 saturated carbocycles. The molecule has 0 aliphatic rings. The molecule has 0 heterocycles. The molecule has 1 aromatic rings. The van der Waals surface area contributed by atoms with Crippen LogP contribution < -0.4 is 11.1 Å². The van der Waals surface area contributed by atoms with Gasteiger partial charge in [0.2, 0.25) is 0 Å². The average molecular weight is 231 g/mol. The van der Waals surface area contributed by atoms with Crippen LogP contribution in [0.4, 0.5) is 11.4 Å². The summed E-state index contributed by atoms with van der Waals surface area (Å²) in [6, 6.07) is 7.91. The fourth-order valence-electron chi connectivity index (χ4n) is 1.47. The molecule has 0 radical (unpaired) electrons. The number of nitriles is 1. The molecule has 1 rings (SSSR count). The highest BCUT2D eigenvalue weighted by Crippen LogP contribution is 2.19. The van der Waals surface area contributed by atoms with Crippen LogP contribution >= 0.6 is 0 Å². The second kappa shape index (κ2) is 6.15. The van der Waals surface area contributed by atoms with Crippen molar-refractivity contribution >= 4 is 11.4 Å². The van der Waals surface area contributed by atoms with E-state index in [1.54, 1.807) is 0 Å². The van der Waals surface area contributed by atoms with E-state index in [0.29, 0.717) is 23.9 Å². The van der Waals surface area contributed by atoms with Gasteiger partial charge in [0.15, 0.2) is 0 Å². The van der Waals surface area contributed by atoms with Gasteiger partial charge in [-0.2, -0.15) is 5.26 Å². The van der Waals surface area contributed by atoms with Crippen LogP contribution in [0.15, 0.2) is 18.2 Å². The predicted molar refractivity (Wildman–Crippen MR) is 72.7 cm³/mol. The van der Waals surface area contributed by atoms with E-state index in [1.807, 2.05) is 18.2 Å². The van der Waals surface area contributed by atoms with Crippen molar-refractivity contribution in [1.82, 2.24) is 0 Å². The highest BCUT2D eigenvalue weighted by Gasteiger charge is 2.07. The zero-order valence-corrected chi connectivity index (χ0v) is 10.8. The average Bonchev–Trinajstić information content (AvgIpc) is 2.29. The smallest absolute Gasteiger partial charge is 0.0670 e. The van der Waals surface area contributed by atoms with Crippen molar-refractivity contribution < 1.29 is 0 Å². The third-order valence-electron chi connectivity index (χ3n) is 3.18. The van der Waals surface area contributed by atoms with E-state index in [1.165, 1.54) is 0 Å². The molecule has 0 aliphatic heterocycles. The Morgan fingerprint density at radius 1 is 1.35 bits per heavy atom. The van der Waals surface area contributed by atoms with Gasteiger partial charge in [0.25, 0.3) is 0 Å². The zero-order valence-electron chi connectivity index (χ0n) is 10.8. The van der Waals surface area contributed by atoms with Crippen molar-refractivity contribution in [3.8, 4) is 6.07 Å². The highest BCUT2D eigenvalue weighted by atomic mass is 14.9. The number of hydrogen-bond acceptors (Lipinski definition) is 3. The Kier molecular flexibility index (Phi) is 4.84. The lowest BCUT2D eigenvalue weighted by Gasteiger charge is -2.17. The summed E-state index contributed by atoms with van der Waals surface area (Å²) < 4.78 is 0.